The van der Waals surface area contributed by atoms with E-state index in [4.69, 9.17) is 17.3 Å². The molecule has 4 nitrogen and oxygen atoms in total. The molecule has 0 amide bonds. The smallest absolute Gasteiger partial charge is 0.123 e. The molecule has 4 N–H and O–H groups in total. The summed E-state index contributed by atoms with van der Waals surface area (Å²) in [6, 6.07) is 3.10. The quantitative estimate of drug-likeness (QED) is 0.616. The number of hydrogen-bond donors (Lipinski definition) is 3. The molecule has 72 valence electrons. The lowest BCUT2D eigenvalue weighted by molar-refractivity contribution is 0.0300. The number of nitrogens with two attached hydrogens (primary N) is 1. The van der Waals surface area contributed by atoms with E-state index in [1.54, 1.807) is 6.07 Å². The van der Waals surface area contributed by atoms with Gasteiger partial charge in [0.2, 0.25) is 0 Å². The summed E-state index contributed by atoms with van der Waals surface area (Å²) in [6.45, 7) is 0. The number of anilines is 1. The molecule has 1 rings (SSSR count). The van der Waals surface area contributed by atoms with Crippen LogP contribution in [0.3, 0.4) is 0 Å². The average Bonchev–Trinajstić information content (AvgIpc) is 2.15. The van der Waals surface area contributed by atoms with Crippen LogP contribution in [0.15, 0.2) is 18.3 Å². The molecule has 0 bridgehead atoms. The van der Waals surface area contributed by atoms with Gasteiger partial charge in [-0.05, 0) is 12.1 Å². The zero-order valence-electron chi connectivity index (χ0n) is 6.89. The van der Waals surface area contributed by atoms with Crippen LogP contribution in [0.5, 0.6) is 0 Å². The molecule has 1 aromatic rings. The second-order valence-electron chi connectivity index (χ2n) is 2.68. The third kappa shape index (κ3) is 2.55. The summed E-state index contributed by atoms with van der Waals surface area (Å²) in [5, 5.41) is 18.7. The molecule has 2 unspecified atom stereocenters. The number of aromatic nitrogens is 1. The van der Waals surface area contributed by atoms with E-state index in [9.17, 15) is 10.2 Å². The van der Waals surface area contributed by atoms with Crippen LogP contribution in [0.25, 0.3) is 0 Å². The van der Waals surface area contributed by atoms with Crippen LogP contribution in [0, 0.1) is 0 Å². The minimum atomic E-state index is -1.08. The van der Waals surface area contributed by atoms with E-state index in [-0.39, 0.29) is 5.88 Å². The number of nitrogen functional groups attached to an aromatic ring is 1. The van der Waals surface area contributed by atoms with Crippen LogP contribution in [0.1, 0.15) is 11.8 Å². The normalized spacial score (nSPS) is 15.3. The number of aliphatic hydroxyl groups excluding tert-OH is 2. The molecular weight excluding hydrogens is 192 g/mol. The maximum absolute atomic E-state index is 9.46. The highest BCUT2D eigenvalue weighted by atomic mass is 35.5. The lowest BCUT2D eigenvalue weighted by atomic mass is 10.1. The zero-order valence-corrected chi connectivity index (χ0v) is 7.65. The number of nitrogens with zero attached hydrogens (tertiary/aromatic N) is 1. The lowest BCUT2D eigenvalue weighted by Gasteiger charge is -2.14. The van der Waals surface area contributed by atoms with E-state index >= 15 is 0 Å². The van der Waals surface area contributed by atoms with Crippen LogP contribution in [0.4, 0.5) is 5.69 Å². The fraction of sp³-hybridized carbons (Fsp3) is 0.375. The molecule has 5 heteroatoms. The Morgan fingerprint density at radius 3 is 2.77 bits per heavy atom. The van der Waals surface area contributed by atoms with E-state index in [2.05, 4.69) is 4.98 Å². The fourth-order valence-electron chi connectivity index (χ4n) is 0.909. The summed E-state index contributed by atoms with van der Waals surface area (Å²) in [7, 11) is 0. The predicted molar refractivity (Wildman–Crippen MR) is 50.3 cm³/mol. The summed E-state index contributed by atoms with van der Waals surface area (Å²) in [4.78, 5) is 3.86. The first kappa shape index (κ1) is 10.2. The average molecular weight is 203 g/mol. The number of rotatable bonds is 3. The van der Waals surface area contributed by atoms with Gasteiger partial charge in [-0.25, -0.2) is 0 Å². The standard InChI is InChI=1S/C8H11ClN2O2/c9-4-7(12)8(13)6-3-5(10)1-2-11-6/h1-3,7-8,12-13H,4H2,(H2,10,11). The van der Waals surface area contributed by atoms with E-state index < -0.39 is 12.2 Å². The van der Waals surface area contributed by atoms with E-state index in [0.29, 0.717) is 11.4 Å². The minimum absolute atomic E-state index is 0.0440. The van der Waals surface area contributed by atoms with Gasteiger partial charge in [0.25, 0.3) is 0 Å². The predicted octanol–water partition coefficient (Wildman–Crippen LogP) is 0.297. The molecule has 2 atom stereocenters. The maximum Gasteiger partial charge on any atom is 0.123 e. The SMILES string of the molecule is Nc1ccnc(C(O)C(O)CCl)c1. The molecule has 0 fully saturated rings. The Bertz CT molecular complexity index is 283. The summed E-state index contributed by atoms with van der Waals surface area (Å²) >= 11 is 5.37. The molecule has 0 aliphatic rings. The molecule has 0 saturated carbocycles. The van der Waals surface area contributed by atoms with Gasteiger partial charge in [0.05, 0.1) is 17.7 Å². The molecular formula is C8H11ClN2O2. The second-order valence-corrected chi connectivity index (χ2v) is 2.99. The maximum atomic E-state index is 9.46. The molecule has 1 heterocycles. The van der Waals surface area contributed by atoms with Gasteiger partial charge < -0.3 is 15.9 Å². The van der Waals surface area contributed by atoms with Gasteiger partial charge in [-0.3, -0.25) is 4.98 Å². The fourth-order valence-corrected chi connectivity index (χ4v) is 1.08. The van der Waals surface area contributed by atoms with Crippen molar-refractivity contribution in [3.63, 3.8) is 0 Å². The highest BCUT2D eigenvalue weighted by Gasteiger charge is 2.18. The van der Waals surface area contributed by atoms with E-state index in [1.807, 2.05) is 0 Å². The lowest BCUT2D eigenvalue weighted by Crippen LogP contribution is -2.20. The van der Waals surface area contributed by atoms with Crippen LogP contribution in [-0.4, -0.2) is 27.2 Å². The molecule has 0 aliphatic carbocycles. The molecule has 0 aliphatic heterocycles. The van der Waals surface area contributed by atoms with Crippen LogP contribution in [-0.2, 0) is 0 Å². The Balaban J connectivity index is 2.82. The first-order chi connectivity index (χ1) is 6.15. The van der Waals surface area contributed by atoms with Gasteiger partial charge >= 0.3 is 0 Å². The molecule has 0 radical (unpaired) electrons. The number of hydrogen-bond acceptors (Lipinski definition) is 4. The van der Waals surface area contributed by atoms with Crippen molar-refractivity contribution in [2.75, 3.05) is 11.6 Å². The minimum Gasteiger partial charge on any atom is -0.399 e. The van der Waals surface area contributed by atoms with Crippen molar-refractivity contribution >= 4 is 17.3 Å². The van der Waals surface area contributed by atoms with Crippen LogP contribution >= 0.6 is 11.6 Å². The summed E-state index contributed by atoms with van der Waals surface area (Å²) in [6.07, 6.45) is -0.633. The zero-order chi connectivity index (χ0) is 9.84. The van der Waals surface area contributed by atoms with Crippen LogP contribution in [0.2, 0.25) is 0 Å². The van der Waals surface area contributed by atoms with Gasteiger partial charge in [0.15, 0.2) is 0 Å². The van der Waals surface area contributed by atoms with Gasteiger partial charge in [-0.2, -0.15) is 0 Å². The van der Waals surface area contributed by atoms with Crippen LogP contribution < -0.4 is 5.73 Å². The first-order valence-electron chi connectivity index (χ1n) is 3.78. The Morgan fingerprint density at radius 2 is 2.23 bits per heavy atom. The topological polar surface area (TPSA) is 79.4 Å². The first-order valence-corrected chi connectivity index (χ1v) is 4.32. The molecule has 13 heavy (non-hydrogen) atoms. The van der Waals surface area contributed by atoms with Gasteiger partial charge in [-0.1, -0.05) is 0 Å². The number of aliphatic hydroxyl groups is 2. The summed E-state index contributed by atoms with van der Waals surface area (Å²) < 4.78 is 0. The Kier molecular flexibility index (Phi) is 3.48. The highest BCUT2D eigenvalue weighted by Crippen LogP contribution is 2.16. The largest absolute Gasteiger partial charge is 0.399 e. The molecule has 0 aromatic carbocycles. The van der Waals surface area contributed by atoms with Crippen molar-refractivity contribution < 1.29 is 10.2 Å². The van der Waals surface area contributed by atoms with Crippen molar-refractivity contribution in [3.8, 4) is 0 Å². The second kappa shape index (κ2) is 4.41. The molecule has 0 spiro atoms. The summed E-state index contributed by atoms with van der Waals surface area (Å²) in [5.74, 6) is -0.0440. The van der Waals surface area contributed by atoms with Gasteiger partial charge in [0, 0.05) is 11.9 Å². The Labute approximate surface area is 81.0 Å². The monoisotopic (exact) mass is 202 g/mol. The number of halogens is 1. The Morgan fingerprint density at radius 1 is 1.54 bits per heavy atom. The Hall–Kier alpha value is -0.840. The van der Waals surface area contributed by atoms with Crippen molar-refractivity contribution in [1.29, 1.82) is 0 Å². The third-order valence-corrected chi connectivity index (χ3v) is 1.95. The van der Waals surface area contributed by atoms with Gasteiger partial charge in [0.1, 0.15) is 6.10 Å². The van der Waals surface area contributed by atoms with E-state index in [0.717, 1.165) is 0 Å². The number of alkyl halides is 1. The van der Waals surface area contributed by atoms with Crippen molar-refractivity contribution in [1.82, 2.24) is 4.98 Å². The third-order valence-electron chi connectivity index (χ3n) is 1.63. The molecule has 0 saturated heterocycles. The number of pyridine rings is 1. The summed E-state index contributed by atoms with van der Waals surface area (Å²) in [5.41, 5.74) is 6.29. The van der Waals surface area contributed by atoms with Crippen molar-refractivity contribution in [3.05, 3.63) is 24.0 Å². The van der Waals surface area contributed by atoms with Gasteiger partial charge in [-0.15, -0.1) is 11.6 Å². The molecule has 1 aromatic heterocycles. The van der Waals surface area contributed by atoms with Crippen molar-refractivity contribution in [2.45, 2.75) is 12.2 Å². The highest BCUT2D eigenvalue weighted by molar-refractivity contribution is 6.18. The van der Waals surface area contributed by atoms with Crippen molar-refractivity contribution in [2.24, 2.45) is 0 Å². The van der Waals surface area contributed by atoms with E-state index in [1.165, 1.54) is 12.3 Å².